The van der Waals surface area contributed by atoms with Crippen LogP contribution in [0.15, 0.2) is 42.7 Å². The lowest BCUT2D eigenvalue weighted by molar-refractivity contribution is 0.0846. The van der Waals surface area contributed by atoms with Crippen LogP contribution < -0.4 is 5.32 Å². The standard InChI is InChI=1S/C24H25N7O/c1-15-12-25-23(26-13-15)18-4-6-20-21(11-18)24(27-14-19-5-3-16(2)28-29-19)31-30-22(20)17-7-9-32-10-8-17/h3-6,11-13,17H,7-10,14H2,1-2H3,(H,27,31). The molecule has 8 heteroatoms. The van der Waals surface area contributed by atoms with Crippen LogP contribution in [0, 0.1) is 13.8 Å². The number of nitrogens with one attached hydrogen (secondary N) is 1. The lowest BCUT2D eigenvalue weighted by atomic mass is 9.92. The first-order valence-corrected chi connectivity index (χ1v) is 10.9. The van der Waals surface area contributed by atoms with Gasteiger partial charge in [0.25, 0.3) is 0 Å². The number of aromatic nitrogens is 6. The van der Waals surface area contributed by atoms with Gasteiger partial charge in [-0.25, -0.2) is 9.97 Å². The molecule has 0 bridgehead atoms. The average molecular weight is 428 g/mol. The summed E-state index contributed by atoms with van der Waals surface area (Å²) in [6.45, 7) is 5.94. The summed E-state index contributed by atoms with van der Waals surface area (Å²) in [4.78, 5) is 8.99. The zero-order valence-corrected chi connectivity index (χ0v) is 18.2. The van der Waals surface area contributed by atoms with Crippen molar-refractivity contribution < 1.29 is 4.74 Å². The molecule has 4 aromatic rings. The van der Waals surface area contributed by atoms with Crippen molar-refractivity contribution in [3.63, 3.8) is 0 Å². The van der Waals surface area contributed by atoms with E-state index in [0.717, 1.165) is 65.0 Å². The molecule has 5 rings (SSSR count). The van der Waals surface area contributed by atoms with Crippen molar-refractivity contribution in [1.82, 2.24) is 30.4 Å². The van der Waals surface area contributed by atoms with Gasteiger partial charge in [0, 0.05) is 47.9 Å². The van der Waals surface area contributed by atoms with Gasteiger partial charge in [0.1, 0.15) is 0 Å². The van der Waals surface area contributed by atoms with Crippen LogP contribution in [0.5, 0.6) is 0 Å². The van der Waals surface area contributed by atoms with Crippen molar-refractivity contribution in [2.75, 3.05) is 18.5 Å². The molecular formula is C24H25N7O. The minimum atomic E-state index is 0.345. The molecule has 0 amide bonds. The van der Waals surface area contributed by atoms with Gasteiger partial charge in [-0.15, -0.1) is 5.10 Å². The maximum Gasteiger partial charge on any atom is 0.159 e. The molecule has 3 aromatic heterocycles. The molecule has 0 spiro atoms. The number of ether oxygens (including phenoxy) is 1. The Morgan fingerprint density at radius 2 is 1.72 bits per heavy atom. The molecule has 0 saturated carbocycles. The topological polar surface area (TPSA) is 98.6 Å². The molecule has 1 aliphatic rings. The molecule has 0 atom stereocenters. The maximum absolute atomic E-state index is 5.55. The van der Waals surface area contributed by atoms with Gasteiger partial charge in [-0.3, -0.25) is 0 Å². The van der Waals surface area contributed by atoms with Gasteiger partial charge in [0.15, 0.2) is 11.6 Å². The highest BCUT2D eigenvalue weighted by molar-refractivity contribution is 5.96. The minimum Gasteiger partial charge on any atom is -0.381 e. The van der Waals surface area contributed by atoms with E-state index in [1.807, 2.05) is 38.4 Å². The van der Waals surface area contributed by atoms with Crippen LogP contribution in [0.25, 0.3) is 22.2 Å². The SMILES string of the molecule is Cc1cnc(-c2ccc3c(C4CCOCC4)nnc(NCc4ccc(C)nn4)c3c2)nc1. The molecule has 8 nitrogen and oxygen atoms in total. The van der Waals surface area contributed by atoms with Crippen LogP contribution in [0.2, 0.25) is 0 Å². The molecule has 1 N–H and O–H groups in total. The second-order valence-corrected chi connectivity index (χ2v) is 8.18. The largest absolute Gasteiger partial charge is 0.381 e. The van der Waals surface area contributed by atoms with E-state index in [1.165, 1.54) is 0 Å². The maximum atomic E-state index is 5.55. The molecule has 162 valence electrons. The van der Waals surface area contributed by atoms with Crippen molar-refractivity contribution in [3.05, 3.63) is 65.4 Å². The van der Waals surface area contributed by atoms with Gasteiger partial charge in [0.05, 0.1) is 23.6 Å². The first-order valence-electron chi connectivity index (χ1n) is 10.9. The molecule has 0 unspecified atom stereocenters. The molecule has 32 heavy (non-hydrogen) atoms. The van der Waals surface area contributed by atoms with Crippen molar-refractivity contribution in [1.29, 1.82) is 0 Å². The molecule has 0 radical (unpaired) electrons. The number of hydrogen-bond acceptors (Lipinski definition) is 8. The second kappa shape index (κ2) is 8.92. The van der Waals surface area contributed by atoms with E-state index in [1.54, 1.807) is 0 Å². The van der Waals surface area contributed by atoms with Crippen molar-refractivity contribution in [2.24, 2.45) is 0 Å². The van der Waals surface area contributed by atoms with Crippen LogP contribution in [0.1, 0.15) is 41.4 Å². The summed E-state index contributed by atoms with van der Waals surface area (Å²) in [5.41, 5.74) is 4.74. The second-order valence-electron chi connectivity index (χ2n) is 8.18. The number of fused-ring (bicyclic) bond motifs is 1. The summed E-state index contributed by atoms with van der Waals surface area (Å²) in [6, 6.07) is 10.2. The third-order valence-electron chi connectivity index (χ3n) is 5.75. The first-order chi connectivity index (χ1) is 15.7. The Bertz CT molecular complexity index is 1220. The fraction of sp³-hybridized carbons (Fsp3) is 0.333. The van der Waals surface area contributed by atoms with E-state index in [4.69, 9.17) is 4.74 Å². The average Bonchev–Trinajstić information content (AvgIpc) is 2.84. The van der Waals surface area contributed by atoms with E-state index >= 15 is 0 Å². The third kappa shape index (κ3) is 4.27. The fourth-order valence-electron chi connectivity index (χ4n) is 3.95. The Labute approximate surface area is 186 Å². The highest BCUT2D eigenvalue weighted by atomic mass is 16.5. The number of anilines is 1. The summed E-state index contributed by atoms with van der Waals surface area (Å²) in [5, 5.41) is 23.1. The van der Waals surface area contributed by atoms with Crippen LogP contribution in [0.3, 0.4) is 0 Å². The zero-order chi connectivity index (χ0) is 21.9. The van der Waals surface area contributed by atoms with Gasteiger partial charge >= 0.3 is 0 Å². The summed E-state index contributed by atoms with van der Waals surface area (Å²) in [7, 11) is 0. The van der Waals surface area contributed by atoms with Gasteiger partial charge in [-0.05, 0) is 50.5 Å². The van der Waals surface area contributed by atoms with Crippen molar-refractivity contribution >= 4 is 16.6 Å². The predicted octanol–water partition coefficient (Wildman–Crippen LogP) is 4.00. The van der Waals surface area contributed by atoms with Gasteiger partial charge < -0.3 is 10.1 Å². The van der Waals surface area contributed by atoms with Gasteiger partial charge in [-0.1, -0.05) is 12.1 Å². The zero-order valence-electron chi connectivity index (χ0n) is 18.2. The summed E-state index contributed by atoms with van der Waals surface area (Å²) < 4.78 is 5.55. The Hall–Kier alpha value is -3.52. The quantitative estimate of drug-likeness (QED) is 0.510. The van der Waals surface area contributed by atoms with E-state index in [-0.39, 0.29) is 0 Å². The minimum absolute atomic E-state index is 0.345. The number of hydrogen-bond donors (Lipinski definition) is 1. The fourth-order valence-corrected chi connectivity index (χ4v) is 3.95. The van der Waals surface area contributed by atoms with Crippen LogP contribution >= 0.6 is 0 Å². The lowest BCUT2D eigenvalue weighted by Gasteiger charge is -2.23. The third-order valence-corrected chi connectivity index (χ3v) is 5.75. The van der Waals surface area contributed by atoms with E-state index in [2.05, 4.69) is 53.9 Å². The number of nitrogens with zero attached hydrogens (tertiary/aromatic N) is 6. The molecular weight excluding hydrogens is 402 g/mol. The van der Waals surface area contributed by atoms with Crippen LogP contribution in [-0.4, -0.2) is 43.6 Å². The Balaban J connectivity index is 1.55. The molecule has 0 aliphatic carbocycles. The monoisotopic (exact) mass is 427 g/mol. The smallest absolute Gasteiger partial charge is 0.159 e. The summed E-state index contributed by atoms with van der Waals surface area (Å²) in [6.07, 6.45) is 5.58. The molecule has 1 fully saturated rings. The molecule has 4 heterocycles. The Kier molecular flexibility index (Phi) is 5.68. The Morgan fingerprint density at radius 1 is 0.906 bits per heavy atom. The number of benzene rings is 1. The molecule has 1 saturated heterocycles. The highest BCUT2D eigenvalue weighted by Gasteiger charge is 2.22. The van der Waals surface area contributed by atoms with Crippen LogP contribution in [-0.2, 0) is 11.3 Å². The molecule has 1 aliphatic heterocycles. The lowest BCUT2D eigenvalue weighted by Crippen LogP contribution is -2.16. The summed E-state index contributed by atoms with van der Waals surface area (Å²) in [5.74, 6) is 1.75. The first kappa shape index (κ1) is 20.4. The number of rotatable bonds is 5. The van der Waals surface area contributed by atoms with E-state index < -0.39 is 0 Å². The normalized spacial score (nSPS) is 14.6. The van der Waals surface area contributed by atoms with E-state index in [9.17, 15) is 0 Å². The highest BCUT2D eigenvalue weighted by Crippen LogP contribution is 2.34. The van der Waals surface area contributed by atoms with Crippen molar-refractivity contribution in [3.8, 4) is 11.4 Å². The molecule has 1 aromatic carbocycles. The Morgan fingerprint density at radius 3 is 2.47 bits per heavy atom. The summed E-state index contributed by atoms with van der Waals surface area (Å²) >= 11 is 0. The van der Waals surface area contributed by atoms with Crippen LogP contribution in [0.4, 0.5) is 5.82 Å². The predicted molar refractivity (Wildman–Crippen MR) is 122 cm³/mol. The van der Waals surface area contributed by atoms with E-state index in [0.29, 0.717) is 24.1 Å². The van der Waals surface area contributed by atoms with Gasteiger partial charge in [0.2, 0.25) is 0 Å². The number of aryl methyl sites for hydroxylation is 2. The van der Waals surface area contributed by atoms with Gasteiger partial charge in [-0.2, -0.15) is 15.3 Å². The van der Waals surface area contributed by atoms with Crippen molar-refractivity contribution in [2.45, 2.75) is 39.2 Å².